The maximum atomic E-state index is 12.2. The highest BCUT2D eigenvalue weighted by molar-refractivity contribution is 5.93. The van der Waals surface area contributed by atoms with Crippen molar-refractivity contribution in [3.63, 3.8) is 0 Å². The second-order valence-electron chi connectivity index (χ2n) is 5.19. The molecule has 0 saturated carbocycles. The number of Topliss-reactive ketones (excluding diaryl/α,β-unsaturated/α-hetero) is 2. The van der Waals surface area contributed by atoms with Gasteiger partial charge >= 0.3 is 0 Å². The van der Waals surface area contributed by atoms with E-state index in [1.807, 2.05) is 13.8 Å². The van der Waals surface area contributed by atoms with Crippen molar-refractivity contribution in [2.24, 2.45) is 11.3 Å². The van der Waals surface area contributed by atoms with Gasteiger partial charge in [-0.25, -0.2) is 0 Å². The molecule has 15 heavy (non-hydrogen) atoms. The second kappa shape index (κ2) is 3.41. The topological polar surface area (TPSA) is 43.4 Å². The normalized spacial score (nSPS) is 44.5. The Labute approximate surface area is 90.2 Å². The first-order valence-corrected chi connectivity index (χ1v) is 5.64. The molecule has 0 aromatic carbocycles. The summed E-state index contributed by atoms with van der Waals surface area (Å²) in [5.41, 5.74) is -0.571. The maximum Gasteiger partial charge on any atom is 0.147 e. The fourth-order valence-corrected chi connectivity index (χ4v) is 3.07. The standard InChI is InChI=1S/C12H18O3/c1-7(13)6-12(3)10-5-4-9(15-10)8(2)11(12)14/h8-10H,4-6H2,1-3H3/t8-,9+,10-,12-/m1/s1. The van der Waals surface area contributed by atoms with Crippen molar-refractivity contribution in [2.75, 3.05) is 0 Å². The summed E-state index contributed by atoms with van der Waals surface area (Å²) >= 11 is 0. The van der Waals surface area contributed by atoms with Crippen molar-refractivity contribution in [1.82, 2.24) is 0 Å². The molecule has 0 unspecified atom stereocenters. The molecular weight excluding hydrogens is 192 g/mol. The van der Waals surface area contributed by atoms with Crippen LogP contribution in [0.25, 0.3) is 0 Å². The molecule has 2 aliphatic heterocycles. The first-order chi connectivity index (χ1) is 6.95. The Kier molecular flexibility index (Phi) is 2.45. The summed E-state index contributed by atoms with van der Waals surface area (Å²) in [6, 6.07) is 0. The molecule has 4 atom stereocenters. The monoisotopic (exact) mass is 210 g/mol. The van der Waals surface area contributed by atoms with Gasteiger partial charge in [0.1, 0.15) is 11.6 Å². The van der Waals surface area contributed by atoms with Gasteiger partial charge in [0, 0.05) is 12.3 Å². The summed E-state index contributed by atoms with van der Waals surface area (Å²) in [6.07, 6.45) is 2.28. The summed E-state index contributed by atoms with van der Waals surface area (Å²) in [7, 11) is 0. The molecule has 0 aromatic rings. The molecule has 2 rings (SSSR count). The van der Waals surface area contributed by atoms with Gasteiger partial charge in [-0.3, -0.25) is 9.59 Å². The lowest BCUT2D eigenvalue weighted by Crippen LogP contribution is -2.50. The van der Waals surface area contributed by atoms with Crippen LogP contribution >= 0.6 is 0 Å². The van der Waals surface area contributed by atoms with E-state index in [-0.39, 0.29) is 29.7 Å². The number of ketones is 2. The summed E-state index contributed by atoms with van der Waals surface area (Å²) < 4.78 is 5.82. The Balaban J connectivity index is 2.29. The fourth-order valence-electron chi connectivity index (χ4n) is 3.07. The lowest BCUT2D eigenvalue weighted by Gasteiger charge is -2.40. The molecule has 0 spiro atoms. The number of carbonyl (C=O) groups excluding carboxylic acids is 2. The van der Waals surface area contributed by atoms with Crippen LogP contribution in [-0.4, -0.2) is 23.8 Å². The SMILES string of the molecule is CC(=O)C[C@@]1(C)C(=O)[C@H](C)[C@@H]2CC[C@H]1O2. The largest absolute Gasteiger partial charge is 0.373 e. The van der Waals surface area contributed by atoms with Crippen molar-refractivity contribution in [2.45, 2.75) is 52.2 Å². The molecule has 0 amide bonds. The molecule has 3 heteroatoms. The minimum Gasteiger partial charge on any atom is -0.373 e. The maximum absolute atomic E-state index is 12.2. The molecule has 2 aliphatic rings. The number of rotatable bonds is 2. The van der Waals surface area contributed by atoms with Gasteiger partial charge in [-0.15, -0.1) is 0 Å². The van der Waals surface area contributed by atoms with Gasteiger partial charge in [0.2, 0.25) is 0 Å². The molecule has 2 bridgehead atoms. The van der Waals surface area contributed by atoms with Gasteiger partial charge in [0.25, 0.3) is 0 Å². The van der Waals surface area contributed by atoms with Crippen molar-refractivity contribution in [3.8, 4) is 0 Å². The third-order valence-corrected chi connectivity index (χ3v) is 3.91. The van der Waals surface area contributed by atoms with Crippen LogP contribution in [0.1, 0.15) is 40.0 Å². The lowest BCUT2D eigenvalue weighted by atomic mass is 9.71. The van der Waals surface area contributed by atoms with Crippen LogP contribution in [-0.2, 0) is 14.3 Å². The van der Waals surface area contributed by atoms with Crippen LogP contribution in [0.2, 0.25) is 0 Å². The number of fused-ring (bicyclic) bond motifs is 2. The van der Waals surface area contributed by atoms with Crippen LogP contribution in [0.5, 0.6) is 0 Å². The van der Waals surface area contributed by atoms with Crippen molar-refractivity contribution in [1.29, 1.82) is 0 Å². The number of carbonyl (C=O) groups is 2. The quantitative estimate of drug-likeness (QED) is 0.697. The molecule has 0 N–H and O–H groups in total. The van der Waals surface area contributed by atoms with Crippen molar-refractivity contribution in [3.05, 3.63) is 0 Å². The molecule has 0 radical (unpaired) electrons. The van der Waals surface area contributed by atoms with E-state index in [1.165, 1.54) is 0 Å². The molecule has 2 fully saturated rings. The van der Waals surface area contributed by atoms with Crippen LogP contribution in [0.4, 0.5) is 0 Å². The van der Waals surface area contributed by atoms with Gasteiger partial charge in [-0.05, 0) is 26.7 Å². The Hall–Kier alpha value is -0.700. The Morgan fingerprint density at radius 3 is 2.80 bits per heavy atom. The predicted octanol–water partition coefficient (Wildman–Crippen LogP) is 1.74. The van der Waals surface area contributed by atoms with Gasteiger partial charge in [-0.1, -0.05) is 6.92 Å². The first kappa shape index (κ1) is 10.8. The van der Waals surface area contributed by atoms with Gasteiger partial charge in [0.15, 0.2) is 0 Å². The zero-order chi connectivity index (χ0) is 11.2. The summed E-state index contributed by atoms with van der Waals surface area (Å²) in [4.78, 5) is 23.4. The van der Waals surface area contributed by atoms with Gasteiger partial charge in [-0.2, -0.15) is 0 Å². The van der Waals surface area contributed by atoms with Gasteiger partial charge < -0.3 is 4.74 Å². The zero-order valence-corrected chi connectivity index (χ0v) is 9.58. The van der Waals surface area contributed by atoms with E-state index in [1.54, 1.807) is 6.92 Å². The highest BCUT2D eigenvalue weighted by Crippen LogP contribution is 2.46. The highest BCUT2D eigenvalue weighted by atomic mass is 16.5. The first-order valence-electron chi connectivity index (χ1n) is 5.64. The molecular formula is C12H18O3. The Bertz CT molecular complexity index is 310. The second-order valence-corrected chi connectivity index (χ2v) is 5.19. The van der Waals surface area contributed by atoms with Crippen LogP contribution in [0.15, 0.2) is 0 Å². The highest BCUT2D eigenvalue weighted by Gasteiger charge is 2.54. The third kappa shape index (κ3) is 1.53. The summed E-state index contributed by atoms with van der Waals surface area (Å²) in [5, 5.41) is 0. The average molecular weight is 210 g/mol. The summed E-state index contributed by atoms with van der Waals surface area (Å²) in [6.45, 7) is 5.36. The Morgan fingerprint density at radius 1 is 1.53 bits per heavy atom. The van der Waals surface area contributed by atoms with E-state index in [0.29, 0.717) is 6.42 Å². The average Bonchev–Trinajstić information content (AvgIpc) is 2.59. The minimum absolute atomic E-state index is 0.0323. The lowest BCUT2D eigenvalue weighted by molar-refractivity contribution is -0.162. The molecule has 3 nitrogen and oxygen atoms in total. The third-order valence-electron chi connectivity index (χ3n) is 3.91. The van der Waals surface area contributed by atoms with Crippen LogP contribution in [0, 0.1) is 11.3 Å². The molecule has 2 saturated heterocycles. The summed E-state index contributed by atoms with van der Waals surface area (Å²) in [5.74, 6) is 0.247. The van der Waals surface area contributed by atoms with Crippen LogP contribution in [0.3, 0.4) is 0 Å². The number of hydrogen-bond acceptors (Lipinski definition) is 3. The van der Waals surface area contributed by atoms with E-state index in [2.05, 4.69) is 0 Å². The fraction of sp³-hybridized carbons (Fsp3) is 0.833. The van der Waals surface area contributed by atoms with E-state index in [0.717, 1.165) is 12.8 Å². The van der Waals surface area contributed by atoms with E-state index in [4.69, 9.17) is 4.74 Å². The van der Waals surface area contributed by atoms with E-state index >= 15 is 0 Å². The number of ether oxygens (including phenoxy) is 1. The molecule has 2 heterocycles. The molecule has 0 aliphatic carbocycles. The van der Waals surface area contributed by atoms with E-state index < -0.39 is 5.41 Å². The van der Waals surface area contributed by atoms with Crippen molar-refractivity contribution >= 4 is 11.6 Å². The van der Waals surface area contributed by atoms with E-state index in [9.17, 15) is 9.59 Å². The smallest absolute Gasteiger partial charge is 0.147 e. The van der Waals surface area contributed by atoms with Crippen molar-refractivity contribution < 1.29 is 14.3 Å². The molecule has 0 aromatic heterocycles. The Morgan fingerprint density at radius 2 is 2.20 bits per heavy atom. The molecule has 84 valence electrons. The van der Waals surface area contributed by atoms with Crippen LogP contribution < -0.4 is 0 Å². The zero-order valence-electron chi connectivity index (χ0n) is 9.58. The van der Waals surface area contributed by atoms with Gasteiger partial charge in [0.05, 0.1) is 17.6 Å². The predicted molar refractivity (Wildman–Crippen MR) is 55.5 cm³/mol. The number of hydrogen-bond donors (Lipinski definition) is 0. The minimum atomic E-state index is -0.571.